The van der Waals surface area contributed by atoms with Gasteiger partial charge in [-0.25, -0.2) is 13.6 Å². The van der Waals surface area contributed by atoms with Crippen LogP contribution in [0.1, 0.15) is 17.7 Å². The lowest BCUT2D eigenvalue weighted by Gasteiger charge is -2.30. The summed E-state index contributed by atoms with van der Waals surface area (Å²) < 4.78 is 49.5. The fourth-order valence-electron chi connectivity index (χ4n) is 4.69. The van der Waals surface area contributed by atoms with E-state index in [0.29, 0.717) is 49.5 Å². The first-order valence-corrected chi connectivity index (χ1v) is 13.4. The average Bonchev–Trinajstić information content (AvgIpc) is 3.66. The van der Waals surface area contributed by atoms with Crippen LogP contribution in [0.3, 0.4) is 0 Å². The van der Waals surface area contributed by atoms with Crippen LogP contribution < -0.4 is 14.8 Å². The van der Waals surface area contributed by atoms with Gasteiger partial charge < -0.3 is 33.7 Å². The highest BCUT2D eigenvalue weighted by molar-refractivity contribution is 5.92. The first-order chi connectivity index (χ1) is 19.9. The average molecular weight is 571 g/mol. The quantitative estimate of drug-likeness (QED) is 0.371. The lowest BCUT2D eigenvalue weighted by atomic mass is 10.2. The third kappa shape index (κ3) is 7.74. The Labute approximate surface area is 236 Å². The van der Waals surface area contributed by atoms with Crippen LogP contribution in [-0.4, -0.2) is 79.4 Å². The van der Waals surface area contributed by atoms with Gasteiger partial charge in [-0.15, -0.1) is 0 Å². The number of nitrogens with one attached hydrogen (secondary N) is 1. The number of hydrogen-bond donors (Lipinski definition) is 1. The van der Waals surface area contributed by atoms with Gasteiger partial charge in [0, 0.05) is 38.8 Å². The molecule has 10 nitrogen and oxygen atoms in total. The highest BCUT2D eigenvalue weighted by Crippen LogP contribution is 2.33. The van der Waals surface area contributed by atoms with E-state index in [1.807, 2.05) is 12.1 Å². The molecule has 1 fully saturated rings. The number of carbonyl (C=O) groups excluding carboxylic acids is 2. The Balaban J connectivity index is 1.30. The summed E-state index contributed by atoms with van der Waals surface area (Å²) >= 11 is 0. The second-order valence-corrected chi connectivity index (χ2v) is 9.80. The number of benzene rings is 2. The third-order valence-corrected chi connectivity index (χ3v) is 6.88. The number of fused-ring (bicyclic) bond motifs is 1. The van der Waals surface area contributed by atoms with Gasteiger partial charge in [0.2, 0.25) is 12.7 Å². The van der Waals surface area contributed by atoms with Gasteiger partial charge in [-0.2, -0.15) is 0 Å². The highest BCUT2D eigenvalue weighted by atomic mass is 19.1. The lowest BCUT2D eigenvalue weighted by molar-refractivity contribution is -0.133. The minimum atomic E-state index is -0.903. The fraction of sp³-hybridized carbons (Fsp3) is 0.379. The molecule has 1 N–H and O–H groups in total. The number of hydrogen-bond acceptors (Lipinski definition) is 7. The molecule has 0 unspecified atom stereocenters. The van der Waals surface area contributed by atoms with Crippen molar-refractivity contribution in [3.05, 3.63) is 77.8 Å². The predicted octanol–water partition coefficient (Wildman–Crippen LogP) is 4.07. The Morgan fingerprint density at radius 2 is 1.78 bits per heavy atom. The Morgan fingerprint density at radius 1 is 0.951 bits per heavy atom. The maximum atomic E-state index is 14.3. The van der Waals surface area contributed by atoms with Crippen molar-refractivity contribution in [3.8, 4) is 11.5 Å². The minimum Gasteiger partial charge on any atom is -0.467 e. The molecule has 1 saturated heterocycles. The molecule has 1 aromatic heterocycles. The van der Waals surface area contributed by atoms with Crippen LogP contribution in [-0.2, 0) is 22.6 Å². The second-order valence-electron chi connectivity index (χ2n) is 9.80. The Bertz CT molecular complexity index is 1330. The number of urea groups is 1. The van der Waals surface area contributed by atoms with Gasteiger partial charge in [0.25, 0.3) is 0 Å². The summed E-state index contributed by atoms with van der Waals surface area (Å²) in [6.45, 7) is 4.11. The van der Waals surface area contributed by atoms with Gasteiger partial charge in [-0.3, -0.25) is 9.69 Å². The smallest absolute Gasteiger partial charge is 0.322 e. The zero-order valence-electron chi connectivity index (χ0n) is 22.5. The Hall–Kier alpha value is -4.16. The van der Waals surface area contributed by atoms with E-state index in [1.54, 1.807) is 23.1 Å². The van der Waals surface area contributed by atoms with Crippen LogP contribution in [0.2, 0.25) is 0 Å². The summed E-state index contributed by atoms with van der Waals surface area (Å²) in [5, 5.41) is 2.49. The molecular weight excluding hydrogens is 538 g/mol. The molecule has 3 aromatic rings. The monoisotopic (exact) mass is 570 g/mol. The molecule has 0 atom stereocenters. The Morgan fingerprint density at radius 3 is 2.56 bits per heavy atom. The van der Waals surface area contributed by atoms with E-state index in [2.05, 4.69) is 10.2 Å². The van der Waals surface area contributed by atoms with Gasteiger partial charge in [0.1, 0.15) is 23.9 Å². The van der Waals surface area contributed by atoms with Crippen molar-refractivity contribution in [2.75, 3.05) is 58.0 Å². The molecule has 2 aromatic carbocycles. The topological polar surface area (TPSA) is 96.7 Å². The molecule has 2 aliphatic rings. The van der Waals surface area contributed by atoms with Gasteiger partial charge in [0.05, 0.1) is 31.7 Å². The van der Waals surface area contributed by atoms with Crippen LogP contribution in [0, 0.1) is 11.6 Å². The van der Waals surface area contributed by atoms with Crippen molar-refractivity contribution in [2.24, 2.45) is 0 Å². The summed E-state index contributed by atoms with van der Waals surface area (Å²) in [5.41, 5.74) is 0.640. The van der Waals surface area contributed by atoms with Gasteiger partial charge >= 0.3 is 6.03 Å². The molecule has 41 heavy (non-hydrogen) atoms. The molecule has 0 spiro atoms. The predicted molar refractivity (Wildman–Crippen MR) is 144 cm³/mol. The maximum absolute atomic E-state index is 14.3. The first-order valence-electron chi connectivity index (χ1n) is 13.4. The molecule has 0 saturated carbocycles. The summed E-state index contributed by atoms with van der Waals surface area (Å²) in [5.74, 6) is -0.182. The normalized spacial score (nSPS) is 14.6. The standard InChI is InChI=1S/C29H32F2N4O6/c30-22-5-6-25(24(31)16-22)32-29(37)34(9-2-8-33-10-13-38-14-11-33)19-28(36)35(18-23-3-1-12-39-23)17-21-4-7-26-27(15-21)41-20-40-26/h1,3-7,12,15-16H,2,8-11,13-14,17-20H2,(H,32,37). The number of anilines is 1. The largest absolute Gasteiger partial charge is 0.467 e. The molecule has 0 radical (unpaired) electrons. The van der Waals surface area contributed by atoms with Crippen molar-refractivity contribution in [1.29, 1.82) is 0 Å². The van der Waals surface area contributed by atoms with E-state index in [-0.39, 0.29) is 44.6 Å². The van der Waals surface area contributed by atoms with E-state index in [9.17, 15) is 18.4 Å². The SMILES string of the molecule is O=C(CN(CCCN1CCOCC1)C(=O)Nc1ccc(F)cc1F)N(Cc1ccc2c(c1)OCO2)Cc1ccco1. The van der Waals surface area contributed by atoms with Crippen LogP contribution in [0.5, 0.6) is 11.5 Å². The summed E-state index contributed by atoms with van der Waals surface area (Å²) in [6, 6.07) is 11.2. The van der Waals surface area contributed by atoms with E-state index < -0.39 is 17.7 Å². The van der Waals surface area contributed by atoms with Crippen LogP contribution in [0.15, 0.2) is 59.2 Å². The van der Waals surface area contributed by atoms with Gasteiger partial charge in [0.15, 0.2) is 11.5 Å². The molecule has 2 aliphatic heterocycles. The van der Waals surface area contributed by atoms with Gasteiger partial charge in [-0.05, 0) is 48.4 Å². The van der Waals surface area contributed by atoms with Gasteiger partial charge in [-0.1, -0.05) is 6.07 Å². The van der Waals surface area contributed by atoms with E-state index in [4.69, 9.17) is 18.6 Å². The number of carbonyl (C=O) groups is 2. The van der Waals surface area contributed by atoms with Crippen molar-refractivity contribution in [3.63, 3.8) is 0 Å². The molecule has 0 bridgehead atoms. The molecule has 5 rings (SSSR count). The van der Waals surface area contributed by atoms with Crippen molar-refractivity contribution in [1.82, 2.24) is 14.7 Å². The number of furan rings is 1. The maximum Gasteiger partial charge on any atom is 0.322 e. The van der Waals surface area contributed by atoms with Crippen LogP contribution in [0.4, 0.5) is 19.3 Å². The second kappa shape index (κ2) is 13.5. The number of morpholine rings is 1. The zero-order chi connectivity index (χ0) is 28.6. The molecule has 3 amide bonds. The zero-order valence-corrected chi connectivity index (χ0v) is 22.5. The number of ether oxygens (including phenoxy) is 3. The van der Waals surface area contributed by atoms with Crippen LogP contribution >= 0.6 is 0 Å². The number of nitrogens with zero attached hydrogens (tertiary/aromatic N) is 3. The van der Waals surface area contributed by atoms with Crippen molar-refractivity contribution >= 4 is 17.6 Å². The molecular formula is C29H32F2N4O6. The minimum absolute atomic E-state index is 0.136. The lowest BCUT2D eigenvalue weighted by Crippen LogP contribution is -2.45. The number of amides is 3. The third-order valence-electron chi connectivity index (χ3n) is 6.88. The molecule has 0 aliphatic carbocycles. The van der Waals surface area contributed by atoms with Crippen molar-refractivity contribution < 1.29 is 37.0 Å². The summed E-state index contributed by atoms with van der Waals surface area (Å²) in [4.78, 5) is 32.2. The molecule has 3 heterocycles. The van der Waals surface area contributed by atoms with E-state index in [0.717, 1.165) is 30.8 Å². The summed E-state index contributed by atoms with van der Waals surface area (Å²) in [6.07, 6.45) is 2.12. The number of rotatable bonds is 11. The summed E-state index contributed by atoms with van der Waals surface area (Å²) in [7, 11) is 0. The van der Waals surface area contributed by atoms with Crippen LogP contribution in [0.25, 0.3) is 0 Å². The van der Waals surface area contributed by atoms with E-state index in [1.165, 1.54) is 11.2 Å². The van der Waals surface area contributed by atoms with E-state index >= 15 is 0 Å². The Kier molecular flexibility index (Phi) is 9.32. The molecule has 12 heteroatoms. The fourth-order valence-corrected chi connectivity index (χ4v) is 4.69. The van der Waals surface area contributed by atoms with Crippen molar-refractivity contribution in [2.45, 2.75) is 19.5 Å². The number of halogens is 2. The first kappa shape index (κ1) is 28.4. The molecule has 218 valence electrons. The highest BCUT2D eigenvalue weighted by Gasteiger charge is 2.24.